The van der Waals surface area contributed by atoms with Crippen molar-refractivity contribution in [3.63, 3.8) is 0 Å². The van der Waals surface area contributed by atoms with Gasteiger partial charge in [0, 0.05) is 6.42 Å². The van der Waals surface area contributed by atoms with Gasteiger partial charge in [-0.2, -0.15) is 0 Å². The van der Waals surface area contributed by atoms with E-state index in [-0.39, 0.29) is 11.6 Å². The SMILES string of the molecule is CCCCCCCCCCCCC1(CCCCCCCCCCCC)CCC(=O)O1. The molecule has 2 nitrogen and oxygen atoms in total. The maximum absolute atomic E-state index is 11.8. The third kappa shape index (κ3) is 14.5. The first-order valence-electron chi connectivity index (χ1n) is 13.9. The van der Waals surface area contributed by atoms with Crippen molar-refractivity contribution in [1.29, 1.82) is 0 Å². The lowest BCUT2D eigenvalue weighted by Gasteiger charge is -2.28. The molecule has 0 spiro atoms. The first-order valence-corrected chi connectivity index (χ1v) is 13.9. The number of ether oxygens (including phenoxy) is 1. The van der Waals surface area contributed by atoms with E-state index >= 15 is 0 Å². The molecule has 1 saturated heterocycles. The minimum Gasteiger partial charge on any atom is -0.459 e. The Labute approximate surface area is 189 Å². The highest BCUT2D eigenvalue weighted by Gasteiger charge is 2.38. The summed E-state index contributed by atoms with van der Waals surface area (Å²) < 4.78 is 5.88. The lowest BCUT2D eigenvalue weighted by molar-refractivity contribution is -0.149. The van der Waals surface area contributed by atoms with Crippen LogP contribution in [0.1, 0.15) is 168 Å². The molecule has 1 aliphatic rings. The first-order chi connectivity index (χ1) is 14.7. The molecular weight excluding hydrogens is 368 g/mol. The molecule has 0 aromatic heterocycles. The van der Waals surface area contributed by atoms with Gasteiger partial charge < -0.3 is 4.74 Å². The molecule has 30 heavy (non-hydrogen) atoms. The molecule has 0 atom stereocenters. The Morgan fingerprint density at radius 3 is 1.20 bits per heavy atom. The van der Waals surface area contributed by atoms with Crippen LogP contribution in [-0.2, 0) is 9.53 Å². The van der Waals surface area contributed by atoms with Crippen LogP contribution >= 0.6 is 0 Å². The fraction of sp³-hybridized carbons (Fsp3) is 0.964. The van der Waals surface area contributed by atoms with Crippen LogP contribution in [0.4, 0.5) is 0 Å². The van der Waals surface area contributed by atoms with Gasteiger partial charge in [0.15, 0.2) is 0 Å². The van der Waals surface area contributed by atoms with Crippen molar-refractivity contribution in [2.24, 2.45) is 0 Å². The predicted octanol–water partition coefficient (Wildman–Crippen LogP) is 9.68. The summed E-state index contributed by atoms with van der Waals surface area (Å²) >= 11 is 0. The number of unbranched alkanes of at least 4 members (excludes halogenated alkanes) is 18. The zero-order valence-corrected chi connectivity index (χ0v) is 20.8. The van der Waals surface area contributed by atoms with Gasteiger partial charge in [0.25, 0.3) is 0 Å². The smallest absolute Gasteiger partial charge is 0.306 e. The molecule has 1 heterocycles. The highest BCUT2D eigenvalue weighted by Crippen LogP contribution is 2.36. The van der Waals surface area contributed by atoms with E-state index in [4.69, 9.17) is 4.74 Å². The third-order valence-corrected chi connectivity index (χ3v) is 7.09. The molecule has 2 heteroatoms. The van der Waals surface area contributed by atoms with Crippen LogP contribution in [0.3, 0.4) is 0 Å². The zero-order valence-electron chi connectivity index (χ0n) is 20.8. The average Bonchev–Trinajstić information content (AvgIpc) is 3.11. The molecule has 0 unspecified atom stereocenters. The van der Waals surface area contributed by atoms with E-state index in [1.165, 1.54) is 128 Å². The van der Waals surface area contributed by atoms with Crippen molar-refractivity contribution >= 4 is 5.97 Å². The van der Waals surface area contributed by atoms with E-state index in [2.05, 4.69) is 13.8 Å². The molecular formula is C28H54O2. The summed E-state index contributed by atoms with van der Waals surface area (Å²) in [6, 6.07) is 0. The molecule has 0 bridgehead atoms. The van der Waals surface area contributed by atoms with Gasteiger partial charge in [-0.05, 0) is 32.1 Å². The van der Waals surface area contributed by atoms with Gasteiger partial charge in [-0.15, -0.1) is 0 Å². The van der Waals surface area contributed by atoms with Crippen LogP contribution in [0.15, 0.2) is 0 Å². The van der Waals surface area contributed by atoms with Gasteiger partial charge in [0.1, 0.15) is 5.60 Å². The Balaban J connectivity index is 2.03. The number of rotatable bonds is 22. The van der Waals surface area contributed by atoms with E-state index in [0.717, 1.165) is 19.3 Å². The molecule has 1 rings (SSSR count). The fourth-order valence-corrected chi connectivity index (χ4v) is 5.02. The molecule has 178 valence electrons. The van der Waals surface area contributed by atoms with Crippen LogP contribution in [-0.4, -0.2) is 11.6 Å². The standard InChI is InChI=1S/C28H54O2/c1-3-5-7-9-11-13-15-17-19-21-24-28(26-23-27(29)30-28)25-22-20-18-16-14-12-10-8-6-4-2/h3-26H2,1-2H3. The van der Waals surface area contributed by atoms with E-state index in [0.29, 0.717) is 6.42 Å². The summed E-state index contributed by atoms with van der Waals surface area (Å²) in [6.45, 7) is 4.57. The predicted molar refractivity (Wildman–Crippen MR) is 131 cm³/mol. The maximum atomic E-state index is 11.8. The summed E-state index contributed by atoms with van der Waals surface area (Å²) in [4.78, 5) is 11.8. The Morgan fingerprint density at radius 2 is 0.900 bits per heavy atom. The van der Waals surface area contributed by atoms with E-state index in [1.807, 2.05) is 0 Å². The molecule has 0 aromatic rings. The Bertz CT molecular complexity index is 366. The van der Waals surface area contributed by atoms with Crippen LogP contribution in [0, 0.1) is 0 Å². The fourth-order valence-electron chi connectivity index (χ4n) is 5.02. The molecule has 0 aromatic carbocycles. The molecule has 0 N–H and O–H groups in total. The normalized spacial score (nSPS) is 15.6. The number of hydrogen-bond acceptors (Lipinski definition) is 2. The summed E-state index contributed by atoms with van der Waals surface area (Å²) in [6.07, 6.45) is 31.2. The minimum atomic E-state index is -0.0998. The minimum absolute atomic E-state index is 0.0501. The van der Waals surface area contributed by atoms with Gasteiger partial charge in [-0.25, -0.2) is 0 Å². The molecule has 0 radical (unpaired) electrons. The summed E-state index contributed by atoms with van der Waals surface area (Å²) in [5.41, 5.74) is -0.0998. The number of carbonyl (C=O) groups excluding carboxylic acids is 1. The first kappa shape index (κ1) is 27.5. The van der Waals surface area contributed by atoms with E-state index in [1.54, 1.807) is 0 Å². The molecule has 0 aliphatic carbocycles. The van der Waals surface area contributed by atoms with Crippen molar-refractivity contribution in [1.82, 2.24) is 0 Å². The van der Waals surface area contributed by atoms with Crippen molar-refractivity contribution in [2.45, 2.75) is 174 Å². The number of esters is 1. The van der Waals surface area contributed by atoms with Crippen LogP contribution in [0.5, 0.6) is 0 Å². The number of cyclic esters (lactones) is 1. The number of carbonyl (C=O) groups is 1. The van der Waals surface area contributed by atoms with Crippen LogP contribution < -0.4 is 0 Å². The second-order valence-electron chi connectivity index (χ2n) is 10.0. The highest BCUT2D eigenvalue weighted by molar-refractivity contribution is 5.72. The van der Waals surface area contributed by atoms with Crippen LogP contribution in [0.25, 0.3) is 0 Å². The van der Waals surface area contributed by atoms with Crippen molar-refractivity contribution < 1.29 is 9.53 Å². The monoisotopic (exact) mass is 422 g/mol. The van der Waals surface area contributed by atoms with E-state index in [9.17, 15) is 4.79 Å². The molecule has 0 amide bonds. The second kappa shape index (κ2) is 19.2. The average molecular weight is 423 g/mol. The largest absolute Gasteiger partial charge is 0.459 e. The summed E-state index contributed by atoms with van der Waals surface area (Å²) in [7, 11) is 0. The Kier molecular flexibility index (Phi) is 17.6. The van der Waals surface area contributed by atoms with Gasteiger partial charge >= 0.3 is 5.97 Å². The molecule has 1 fully saturated rings. The van der Waals surface area contributed by atoms with Gasteiger partial charge in [0.05, 0.1) is 0 Å². The Morgan fingerprint density at radius 1 is 0.567 bits per heavy atom. The zero-order chi connectivity index (χ0) is 21.8. The summed E-state index contributed by atoms with van der Waals surface area (Å²) in [5, 5.41) is 0. The van der Waals surface area contributed by atoms with Crippen molar-refractivity contribution in [2.75, 3.05) is 0 Å². The van der Waals surface area contributed by atoms with E-state index < -0.39 is 0 Å². The highest BCUT2D eigenvalue weighted by atomic mass is 16.6. The summed E-state index contributed by atoms with van der Waals surface area (Å²) in [5.74, 6) is 0.0501. The lowest BCUT2D eigenvalue weighted by Crippen LogP contribution is -2.28. The van der Waals surface area contributed by atoms with Gasteiger partial charge in [0.2, 0.25) is 0 Å². The van der Waals surface area contributed by atoms with Gasteiger partial charge in [-0.3, -0.25) is 4.79 Å². The quantitative estimate of drug-likeness (QED) is 0.128. The molecule has 0 saturated carbocycles. The topological polar surface area (TPSA) is 26.3 Å². The van der Waals surface area contributed by atoms with Crippen molar-refractivity contribution in [3.05, 3.63) is 0 Å². The maximum Gasteiger partial charge on any atom is 0.306 e. The number of hydrogen-bond donors (Lipinski definition) is 0. The van der Waals surface area contributed by atoms with Crippen molar-refractivity contribution in [3.8, 4) is 0 Å². The third-order valence-electron chi connectivity index (χ3n) is 7.09. The Hall–Kier alpha value is -0.530. The van der Waals surface area contributed by atoms with Gasteiger partial charge in [-0.1, -0.05) is 129 Å². The lowest BCUT2D eigenvalue weighted by atomic mass is 9.87. The molecule has 1 aliphatic heterocycles. The second-order valence-corrected chi connectivity index (χ2v) is 10.0. The van der Waals surface area contributed by atoms with Crippen LogP contribution in [0.2, 0.25) is 0 Å².